The molecule has 4 aromatic rings. The zero-order valence-electron chi connectivity index (χ0n) is 18.2. The average molecular weight is 613 g/mol. The van der Waals surface area contributed by atoms with Gasteiger partial charge in [0.15, 0.2) is 5.75 Å². The van der Waals surface area contributed by atoms with E-state index in [9.17, 15) is 20.2 Å². The number of halogens is 2. The van der Waals surface area contributed by atoms with Crippen LogP contribution in [0, 0.1) is 20.2 Å². The molecular formula is C25H15Br2N3O6. The highest BCUT2D eigenvalue weighted by Crippen LogP contribution is 2.41. The smallest absolute Gasteiger partial charge is 0.318 e. The van der Waals surface area contributed by atoms with Gasteiger partial charge in [0.2, 0.25) is 5.75 Å². The minimum atomic E-state index is -0.735. The molecule has 0 radical (unpaired) electrons. The van der Waals surface area contributed by atoms with Gasteiger partial charge in [0.1, 0.15) is 11.5 Å². The number of nitro groups is 2. The average Bonchev–Trinajstić information content (AvgIpc) is 2.86. The van der Waals surface area contributed by atoms with Crippen LogP contribution in [0.2, 0.25) is 0 Å². The van der Waals surface area contributed by atoms with Crippen molar-refractivity contribution in [1.82, 2.24) is 0 Å². The molecule has 0 bridgehead atoms. The Morgan fingerprint density at radius 3 is 2.00 bits per heavy atom. The Bertz CT molecular complexity index is 1440. The number of benzene rings is 4. The van der Waals surface area contributed by atoms with Crippen molar-refractivity contribution in [2.45, 2.75) is 0 Å². The van der Waals surface area contributed by atoms with Gasteiger partial charge in [0.05, 0.1) is 30.5 Å². The van der Waals surface area contributed by atoms with Gasteiger partial charge in [-0.15, -0.1) is 0 Å². The van der Waals surface area contributed by atoms with Crippen LogP contribution in [0.25, 0.3) is 0 Å². The molecule has 0 fully saturated rings. The SMILES string of the molecule is O=[N+]([O-])c1ccc(Oc2c(Br)cc(C=Nc3ccc(Oc4ccccc4)cc3)cc2Br)c([N+](=O)[O-])c1. The van der Waals surface area contributed by atoms with E-state index < -0.39 is 21.2 Å². The zero-order chi connectivity index (χ0) is 25.7. The molecule has 4 rings (SSSR count). The van der Waals surface area contributed by atoms with Crippen molar-refractivity contribution in [3.63, 3.8) is 0 Å². The summed E-state index contributed by atoms with van der Waals surface area (Å²) < 4.78 is 12.5. The summed E-state index contributed by atoms with van der Waals surface area (Å²) in [5, 5.41) is 22.4. The standard InChI is InChI=1S/C25H15Br2N3O6/c26-21-12-16(15-28-17-6-9-20(10-7-17)35-19-4-2-1-3-5-19)13-22(27)25(21)36-24-11-8-18(29(31)32)14-23(24)30(33)34/h1-15H. The van der Waals surface area contributed by atoms with E-state index in [2.05, 4.69) is 36.9 Å². The Morgan fingerprint density at radius 1 is 0.750 bits per heavy atom. The number of ether oxygens (including phenoxy) is 2. The van der Waals surface area contributed by atoms with Crippen LogP contribution in [0.4, 0.5) is 17.1 Å². The van der Waals surface area contributed by atoms with Crippen LogP contribution in [0.15, 0.2) is 98.9 Å². The van der Waals surface area contributed by atoms with Crippen molar-refractivity contribution in [2.75, 3.05) is 0 Å². The summed E-state index contributed by atoms with van der Waals surface area (Å²) in [6.07, 6.45) is 1.65. The lowest BCUT2D eigenvalue weighted by atomic mass is 10.2. The van der Waals surface area contributed by atoms with Gasteiger partial charge in [0.25, 0.3) is 5.69 Å². The first-order valence-corrected chi connectivity index (χ1v) is 11.9. The number of hydrogen-bond acceptors (Lipinski definition) is 7. The van der Waals surface area contributed by atoms with E-state index in [1.165, 1.54) is 6.07 Å². The molecule has 0 aliphatic rings. The van der Waals surface area contributed by atoms with Gasteiger partial charge in [0, 0.05) is 12.3 Å². The van der Waals surface area contributed by atoms with Crippen LogP contribution < -0.4 is 9.47 Å². The van der Waals surface area contributed by atoms with Crippen LogP contribution in [0.3, 0.4) is 0 Å². The summed E-state index contributed by atoms with van der Waals surface area (Å²) in [4.78, 5) is 25.4. The number of aliphatic imine (C=N–C) groups is 1. The van der Waals surface area contributed by atoms with E-state index in [1.54, 1.807) is 18.3 Å². The molecule has 0 aromatic heterocycles. The maximum atomic E-state index is 11.4. The zero-order valence-corrected chi connectivity index (χ0v) is 21.4. The Morgan fingerprint density at radius 2 is 1.39 bits per heavy atom. The first-order chi connectivity index (χ1) is 17.3. The molecule has 0 saturated heterocycles. The molecule has 0 saturated carbocycles. The monoisotopic (exact) mass is 611 g/mol. The van der Waals surface area contributed by atoms with E-state index in [-0.39, 0.29) is 11.5 Å². The molecule has 11 heteroatoms. The number of rotatable bonds is 8. The number of nitrogens with zero attached hydrogens (tertiary/aromatic N) is 3. The third-order valence-corrected chi connectivity index (χ3v) is 5.94. The highest BCUT2D eigenvalue weighted by atomic mass is 79.9. The van der Waals surface area contributed by atoms with E-state index in [0.717, 1.165) is 23.4 Å². The summed E-state index contributed by atoms with van der Waals surface area (Å²) in [6.45, 7) is 0. The Balaban J connectivity index is 1.51. The third-order valence-electron chi connectivity index (χ3n) is 4.76. The van der Waals surface area contributed by atoms with Gasteiger partial charge in [-0.3, -0.25) is 25.2 Å². The third kappa shape index (κ3) is 6.12. The fraction of sp³-hybridized carbons (Fsp3) is 0. The number of non-ortho nitro benzene ring substituents is 1. The molecule has 0 heterocycles. The summed E-state index contributed by atoms with van der Waals surface area (Å²) in [5.41, 5.74) is 0.514. The predicted octanol–water partition coefficient (Wildman–Crippen LogP) is 8.36. The molecule has 9 nitrogen and oxygen atoms in total. The summed E-state index contributed by atoms with van der Waals surface area (Å²) in [5.74, 6) is 1.56. The molecule has 0 N–H and O–H groups in total. The molecule has 36 heavy (non-hydrogen) atoms. The second-order valence-corrected chi connectivity index (χ2v) is 8.96. The lowest BCUT2D eigenvalue weighted by Crippen LogP contribution is -1.97. The van der Waals surface area contributed by atoms with Crippen LogP contribution >= 0.6 is 31.9 Å². The van der Waals surface area contributed by atoms with Crippen molar-refractivity contribution in [3.05, 3.63) is 120 Å². The normalized spacial score (nSPS) is 10.8. The fourth-order valence-corrected chi connectivity index (χ4v) is 4.47. The van der Waals surface area contributed by atoms with Crippen LogP contribution in [0.1, 0.15) is 5.56 Å². The highest BCUT2D eigenvalue weighted by Gasteiger charge is 2.22. The Kier molecular flexibility index (Phi) is 7.71. The van der Waals surface area contributed by atoms with Gasteiger partial charge < -0.3 is 9.47 Å². The van der Waals surface area contributed by atoms with Crippen LogP contribution in [-0.4, -0.2) is 16.1 Å². The molecule has 180 valence electrons. The van der Waals surface area contributed by atoms with E-state index >= 15 is 0 Å². The fourth-order valence-electron chi connectivity index (χ4n) is 3.08. The maximum absolute atomic E-state index is 11.4. The molecular weight excluding hydrogens is 598 g/mol. The van der Waals surface area contributed by atoms with E-state index in [0.29, 0.717) is 20.4 Å². The van der Waals surface area contributed by atoms with Gasteiger partial charge >= 0.3 is 5.69 Å². The number of nitro benzene ring substituents is 2. The molecule has 0 aliphatic heterocycles. The second-order valence-electron chi connectivity index (χ2n) is 7.25. The first-order valence-electron chi connectivity index (χ1n) is 10.3. The minimum Gasteiger partial charge on any atom is -0.457 e. The predicted molar refractivity (Wildman–Crippen MR) is 142 cm³/mol. The van der Waals surface area contributed by atoms with Gasteiger partial charge in [-0.1, -0.05) is 18.2 Å². The summed E-state index contributed by atoms with van der Waals surface area (Å²) in [6, 6.07) is 23.4. The largest absolute Gasteiger partial charge is 0.457 e. The van der Waals surface area contributed by atoms with Gasteiger partial charge in [-0.05, 0) is 92.0 Å². The lowest BCUT2D eigenvalue weighted by Gasteiger charge is -2.11. The molecule has 0 amide bonds. The van der Waals surface area contributed by atoms with Crippen molar-refractivity contribution in [2.24, 2.45) is 4.99 Å². The number of hydrogen-bond donors (Lipinski definition) is 0. The number of para-hydroxylation sites is 1. The van der Waals surface area contributed by atoms with Crippen LogP contribution in [-0.2, 0) is 0 Å². The molecule has 4 aromatic carbocycles. The van der Waals surface area contributed by atoms with E-state index in [4.69, 9.17) is 9.47 Å². The quantitative estimate of drug-likeness (QED) is 0.112. The van der Waals surface area contributed by atoms with Crippen molar-refractivity contribution in [3.8, 4) is 23.0 Å². The summed E-state index contributed by atoms with van der Waals surface area (Å²) >= 11 is 6.82. The Labute approximate surface area is 221 Å². The molecule has 0 aliphatic carbocycles. The van der Waals surface area contributed by atoms with Crippen LogP contribution in [0.5, 0.6) is 23.0 Å². The topological polar surface area (TPSA) is 117 Å². The summed E-state index contributed by atoms with van der Waals surface area (Å²) in [7, 11) is 0. The second kappa shape index (κ2) is 11.1. The van der Waals surface area contributed by atoms with Crippen molar-refractivity contribution >= 4 is 55.1 Å². The first kappa shape index (κ1) is 25.0. The molecule has 0 atom stereocenters. The van der Waals surface area contributed by atoms with Gasteiger partial charge in [-0.2, -0.15) is 0 Å². The Hall–Kier alpha value is -4.09. The molecule has 0 unspecified atom stereocenters. The van der Waals surface area contributed by atoms with Crippen molar-refractivity contribution in [1.29, 1.82) is 0 Å². The van der Waals surface area contributed by atoms with Gasteiger partial charge in [-0.25, -0.2) is 0 Å². The highest BCUT2D eigenvalue weighted by molar-refractivity contribution is 9.11. The molecule has 0 spiro atoms. The van der Waals surface area contributed by atoms with E-state index in [1.807, 2.05) is 54.6 Å². The minimum absolute atomic E-state index is 0.133. The maximum Gasteiger partial charge on any atom is 0.318 e. The van der Waals surface area contributed by atoms with Crippen molar-refractivity contribution < 1.29 is 19.3 Å². The lowest BCUT2D eigenvalue weighted by molar-refractivity contribution is -0.394.